The average Bonchev–Trinajstić information content (AvgIpc) is 2.64. The molecule has 0 fully saturated rings. The SMILES string of the molecule is C=C(C)[C@H]1CCC(CO)=C[C@@H]1c1c(O)cc(C(C)(C)CCCCCC)cc1O. The second-order valence-electron chi connectivity index (χ2n) is 9.12. The Morgan fingerprint density at radius 2 is 1.79 bits per heavy atom. The van der Waals surface area contributed by atoms with Gasteiger partial charge in [0.05, 0.1) is 6.61 Å². The molecule has 0 aliphatic heterocycles. The standard InChI is InChI=1S/C25H38O3/c1-6-7-8-9-12-25(4,5)19-14-22(27)24(23(28)15-19)21-13-18(16-26)10-11-20(21)17(2)3/h13-15,20-21,26-28H,2,6-12,16H2,1,3-5H3/t20-,21+/m1/s1. The highest BCUT2D eigenvalue weighted by Crippen LogP contribution is 2.47. The molecule has 0 radical (unpaired) electrons. The molecule has 0 unspecified atom stereocenters. The van der Waals surface area contributed by atoms with Gasteiger partial charge in [-0.1, -0.05) is 64.7 Å². The molecule has 2 rings (SSSR count). The molecule has 1 aliphatic rings. The first-order chi connectivity index (χ1) is 13.2. The van der Waals surface area contributed by atoms with E-state index in [2.05, 4.69) is 27.4 Å². The van der Waals surface area contributed by atoms with E-state index in [0.29, 0.717) is 5.56 Å². The van der Waals surface area contributed by atoms with E-state index >= 15 is 0 Å². The van der Waals surface area contributed by atoms with Crippen LogP contribution in [0.15, 0.2) is 35.9 Å². The van der Waals surface area contributed by atoms with E-state index in [1.54, 1.807) is 0 Å². The molecule has 0 bridgehead atoms. The van der Waals surface area contributed by atoms with Gasteiger partial charge in [0.2, 0.25) is 0 Å². The van der Waals surface area contributed by atoms with Gasteiger partial charge in [0.15, 0.2) is 0 Å². The maximum atomic E-state index is 10.9. The molecular formula is C25H38O3. The van der Waals surface area contributed by atoms with Crippen LogP contribution in [0.5, 0.6) is 11.5 Å². The lowest BCUT2D eigenvalue weighted by Gasteiger charge is -2.33. The summed E-state index contributed by atoms with van der Waals surface area (Å²) in [6.07, 6.45) is 9.55. The third-order valence-corrected chi connectivity index (χ3v) is 6.37. The van der Waals surface area contributed by atoms with Crippen molar-refractivity contribution in [2.75, 3.05) is 6.61 Å². The molecule has 3 heteroatoms. The quantitative estimate of drug-likeness (QED) is 0.343. The van der Waals surface area contributed by atoms with Gasteiger partial charge < -0.3 is 15.3 Å². The fourth-order valence-corrected chi connectivity index (χ4v) is 4.44. The van der Waals surface area contributed by atoms with Crippen molar-refractivity contribution in [2.45, 2.75) is 84.0 Å². The average molecular weight is 387 g/mol. The maximum Gasteiger partial charge on any atom is 0.123 e. The van der Waals surface area contributed by atoms with Gasteiger partial charge in [-0.25, -0.2) is 0 Å². The molecule has 0 spiro atoms. The van der Waals surface area contributed by atoms with E-state index in [-0.39, 0.29) is 35.4 Å². The van der Waals surface area contributed by atoms with Crippen molar-refractivity contribution in [3.63, 3.8) is 0 Å². The van der Waals surface area contributed by atoms with Gasteiger partial charge in [-0.15, -0.1) is 0 Å². The molecule has 0 amide bonds. The summed E-state index contributed by atoms with van der Waals surface area (Å²) in [6, 6.07) is 3.65. The molecule has 2 atom stereocenters. The molecule has 1 aliphatic carbocycles. The minimum atomic E-state index is -0.157. The number of phenolic OH excluding ortho intramolecular Hbond substituents is 2. The zero-order valence-electron chi connectivity index (χ0n) is 18.1. The van der Waals surface area contributed by atoms with Crippen LogP contribution in [-0.4, -0.2) is 21.9 Å². The van der Waals surface area contributed by atoms with Gasteiger partial charge in [-0.2, -0.15) is 0 Å². The first-order valence-electron chi connectivity index (χ1n) is 10.7. The number of benzene rings is 1. The van der Waals surface area contributed by atoms with Crippen LogP contribution < -0.4 is 0 Å². The first-order valence-corrected chi connectivity index (χ1v) is 10.7. The van der Waals surface area contributed by atoms with E-state index in [1.807, 2.05) is 25.1 Å². The van der Waals surface area contributed by atoms with Crippen LogP contribution in [-0.2, 0) is 5.41 Å². The Labute approximate surface area is 170 Å². The van der Waals surface area contributed by atoms with Crippen molar-refractivity contribution in [3.05, 3.63) is 47.1 Å². The Morgan fingerprint density at radius 1 is 1.14 bits per heavy atom. The van der Waals surface area contributed by atoms with Crippen LogP contribution in [0.3, 0.4) is 0 Å². The van der Waals surface area contributed by atoms with Gasteiger partial charge in [0.25, 0.3) is 0 Å². The monoisotopic (exact) mass is 386 g/mol. The van der Waals surface area contributed by atoms with E-state index in [1.165, 1.54) is 19.3 Å². The van der Waals surface area contributed by atoms with Gasteiger partial charge in [0, 0.05) is 11.5 Å². The molecular weight excluding hydrogens is 348 g/mol. The number of hydrogen-bond donors (Lipinski definition) is 3. The number of aliphatic hydroxyl groups excluding tert-OH is 1. The molecule has 0 saturated heterocycles. The molecule has 0 aromatic heterocycles. The van der Waals surface area contributed by atoms with Crippen LogP contribution in [0.1, 0.15) is 89.7 Å². The molecule has 1 aromatic carbocycles. The van der Waals surface area contributed by atoms with Crippen molar-refractivity contribution in [2.24, 2.45) is 5.92 Å². The first kappa shape index (κ1) is 22.5. The summed E-state index contributed by atoms with van der Waals surface area (Å²) in [4.78, 5) is 0. The zero-order valence-corrected chi connectivity index (χ0v) is 18.1. The summed E-state index contributed by atoms with van der Waals surface area (Å²) in [5, 5.41) is 31.3. The fraction of sp³-hybridized carbons (Fsp3) is 0.600. The lowest BCUT2D eigenvalue weighted by Crippen LogP contribution is -2.20. The second-order valence-corrected chi connectivity index (χ2v) is 9.12. The van der Waals surface area contributed by atoms with Crippen LogP contribution in [0.25, 0.3) is 0 Å². The number of phenols is 2. The van der Waals surface area contributed by atoms with Crippen LogP contribution >= 0.6 is 0 Å². The van der Waals surface area contributed by atoms with Gasteiger partial charge >= 0.3 is 0 Å². The smallest absolute Gasteiger partial charge is 0.123 e. The maximum absolute atomic E-state index is 10.9. The van der Waals surface area contributed by atoms with Crippen molar-refractivity contribution in [1.82, 2.24) is 0 Å². The van der Waals surface area contributed by atoms with Gasteiger partial charge in [0.1, 0.15) is 11.5 Å². The summed E-state index contributed by atoms with van der Waals surface area (Å²) in [7, 11) is 0. The number of unbranched alkanes of at least 4 members (excludes halogenated alkanes) is 3. The molecule has 3 nitrogen and oxygen atoms in total. The Kier molecular flexibility index (Phi) is 7.77. The lowest BCUT2D eigenvalue weighted by atomic mass is 9.72. The van der Waals surface area contributed by atoms with Crippen LogP contribution in [0, 0.1) is 5.92 Å². The zero-order chi connectivity index (χ0) is 20.9. The highest BCUT2D eigenvalue weighted by Gasteiger charge is 2.32. The van der Waals surface area contributed by atoms with Gasteiger partial charge in [-0.3, -0.25) is 0 Å². The van der Waals surface area contributed by atoms with Crippen molar-refractivity contribution in [3.8, 4) is 11.5 Å². The summed E-state index contributed by atoms with van der Waals surface area (Å²) < 4.78 is 0. The van der Waals surface area contributed by atoms with Crippen molar-refractivity contribution < 1.29 is 15.3 Å². The van der Waals surface area contributed by atoms with Crippen molar-refractivity contribution >= 4 is 0 Å². The number of allylic oxidation sites excluding steroid dienone is 2. The van der Waals surface area contributed by atoms with E-state index in [4.69, 9.17) is 0 Å². The third kappa shape index (κ3) is 5.20. The van der Waals surface area contributed by atoms with Crippen molar-refractivity contribution in [1.29, 1.82) is 0 Å². The highest BCUT2D eigenvalue weighted by molar-refractivity contribution is 5.53. The largest absolute Gasteiger partial charge is 0.507 e. The molecule has 28 heavy (non-hydrogen) atoms. The molecule has 156 valence electrons. The van der Waals surface area contributed by atoms with E-state index in [0.717, 1.165) is 42.4 Å². The Hall–Kier alpha value is -1.74. The number of aromatic hydroxyl groups is 2. The number of hydrogen-bond acceptors (Lipinski definition) is 3. The Bertz CT molecular complexity index is 691. The van der Waals surface area contributed by atoms with Gasteiger partial charge in [-0.05, 0) is 60.8 Å². The predicted octanol–water partition coefficient (Wildman–Crippen LogP) is 6.33. The van der Waals surface area contributed by atoms with E-state index < -0.39 is 0 Å². The van der Waals surface area contributed by atoms with Crippen LogP contribution in [0.4, 0.5) is 0 Å². The second kappa shape index (κ2) is 9.65. The molecule has 1 aromatic rings. The minimum absolute atomic E-state index is 0.0177. The number of aliphatic hydroxyl groups is 1. The molecule has 0 heterocycles. The minimum Gasteiger partial charge on any atom is -0.507 e. The van der Waals surface area contributed by atoms with E-state index in [9.17, 15) is 15.3 Å². The lowest BCUT2D eigenvalue weighted by molar-refractivity contribution is 0.314. The predicted molar refractivity (Wildman–Crippen MR) is 117 cm³/mol. The summed E-state index contributed by atoms with van der Waals surface area (Å²) in [6.45, 7) is 12.7. The summed E-state index contributed by atoms with van der Waals surface area (Å²) in [5.74, 6) is 0.279. The van der Waals surface area contributed by atoms with Crippen LogP contribution in [0.2, 0.25) is 0 Å². The normalized spacial score (nSPS) is 20.1. The Balaban J connectivity index is 2.35. The topological polar surface area (TPSA) is 60.7 Å². The Morgan fingerprint density at radius 3 is 2.32 bits per heavy atom. The highest BCUT2D eigenvalue weighted by atomic mass is 16.3. The third-order valence-electron chi connectivity index (χ3n) is 6.37. The fourth-order valence-electron chi connectivity index (χ4n) is 4.44. The summed E-state index contributed by atoms with van der Waals surface area (Å²) >= 11 is 0. The molecule has 3 N–H and O–H groups in total. The molecule has 0 saturated carbocycles. The number of rotatable bonds is 9. The summed E-state index contributed by atoms with van der Waals surface area (Å²) in [5.41, 5.74) is 3.42.